The maximum atomic E-state index is 14.1. The second-order valence-electron chi connectivity index (χ2n) is 10.5. The molecular weight excluding hydrogens is 546 g/mol. The Kier molecular flexibility index (Phi) is 10.4. The highest BCUT2D eigenvalue weighted by molar-refractivity contribution is 7.92. The van der Waals surface area contributed by atoms with Crippen molar-refractivity contribution in [1.29, 1.82) is 0 Å². The normalized spacial score (nSPS) is 12.2. The van der Waals surface area contributed by atoms with Crippen molar-refractivity contribution in [2.24, 2.45) is 5.92 Å². The topological polar surface area (TPSA) is 86.8 Å². The Bertz CT molecular complexity index is 1460. The van der Waals surface area contributed by atoms with Crippen LogP contribution in [0.1, 0.15) is 43.0 Å². The Balaban J connectivity index is 2.07. The monoisotopic (exact) mass is 583 g/mol. The number of nitrogens with one attached hydrogen (secondary N) is 1. The van der Waals surface area contributed by atoms with Gasteiger partial charge in [-0.3, -0.25) is 13.9 Å². The van der Waals surface area contributed by atoms with Gasteiger partial charge >= 0.3 is 0 Å². The number of carbonyl (C=O) groups excluding carboxylic acids is 2. The Morgan fingerprint density at radius 2 is 1.55 bits per heavy atom. The molecule has 0 bridgehead atoms. The smallest absolute Gasteiger partial charge is 0.264 e. The first kappa shape index (κ1) is 31.2. The van der Waals surface area contributed by atoms with Crippen LogP contribution in [-0.4, -0.2) is 44.3 Å². The summed E-state index contributed by atoms with van der Waals surface area (Å²) >= 11 is 6.28. The van der Waals surface area contributed by atoms with Crippen LogP contribution in [0.3, 0.4) is 0 Å². The summed E-state index contributed by atoms with van der Waals surface area (Å²) in [5.41, 5.74) is 3.68. The average Bonchev–Trinajstić information content (AvgIpc) is 2.91. The SMILES string of the molecule is Cc1ccc(S(=O)(=O)N(CC(=O)N(Cc2ccccc2C)[C@@H](C)C(=O)NCC(C)C)c2cc(Cl)ccc2C)cc1. The number of carbonyl (C=O) groups is 2. The van der Waals surface area contributed by atoms with Crippen LogP contribution in [0.25, 0.3) is 0 Å². The first-order valence-electron chi connectivity index (χ1n) is 13.3. The second-order valence-corrected chi connectivity index (χ2v) is 12.8. The summed E-state index contributed by atoms with van der Waals surface area (Å²) in [6, 6.07) is 18.2. The number of hydrogen-bond donors (Lipinski definition) is 1. The quantitative estimate of drug-likeness (QED) is 0.316. The van der Waals surface area contributed by atoms with E-state index in [4.69, 9.17) is 11.6 Å². The van der Waals surface area contributed by atoms with Gasteiger partial charge in [-0.25, -0.2) is 8.42 Å². The van der Waals surface area contributed by atoms with E-state index in [-0.39, 0.29) is 23.3 Å². The molecule has 0 saturated carbocycles. The van der Waals surface area contributed by atoms with E-state index < -0.39 is 28.5 Å². The lowest BCUT2D eigenvalue weighted by molar-refractivity contribution is -0.139. The maximum Gasteiger partial charge on any atom is 0.264 e. The van der Waals surface area contributed by atoms with Crippen molar-refractivity contribution >= 4 is 39.1 Å². The van der Waals surface area contributed by atoms with Gasteiger partial charge in [0, 0.05) is 18.1 Å². The lowest BCUT2D eigenvalue weighted by atomic mass is 10.1. The number of amides is 2. The number of rotatable bonds is 11. The number of nitrogens with zero attached hydrogens (tertiary/aromatic N) is 2. The van der Waals surface area contributed by atoms with E-state index in [1.807, 2.05) is 52.0 Å². The van der Waals surface area contributed by atoms with E-state index in [1.165, 1.54) is 17.0 Å². The molecule has 0 aliphatic heterocycles. The van der Waals surface area contributed by atoms with E-state index in [1.54, 1.807) is 44.2 Å². The summed E-state index contributed by atoms with van der Waals surface area (Å²) < 4.78 is 29.1. The number of benzene rings is 3. The molecule has 9 heteroatoms. The molecule has 2 amide bonds. The molecule has 0 aliphatic rings. The summed E-state index contributed by atoms with van der Waals surface area (Å²) in [6.45, 7) is 11.3. The minimum absolute atomic E-state index is 0.0541. The third-order valence-electron chi connectivity index (χ3n) is 6.78. The molecule has 0 fully saturated rings. The lowest BCUT2D eigenvalue weighted by Crippen LogP contribution is -2.51. The minimum atomic E-state index is -4.16. The first-order chi connectivity index (χ1) is 18.8. The van der Waals surface area contributed by atoms with Crippen molar-refractivity contribution in [3.8, 4) is 0 Å². The Morgan fingerprint density at radius 3 is 2.17 bits per heavy atom. The molecule has 0 radical (unpaired) electrons. The third kappa shape index (κ3) is 7.64. The van der Waals surface area contributed by atoms with Crippen molar-refractivity contribution in [3.63, 3.8) is 0 Å². The van der Waals surface area contributed by atoms with E-state index >= 15 is 0 Å². The molecule has 7 nitrogen and oxygen atoms in total. The molecule has 0 aromatic heterocycles. The molecule has 3 aromatic carbocycles. The van der Waals surface area contributed by atoms with Crippen LogP contribution in [0.5, 0.6) is 0 Å². The minimum Gasteiger partial charge on any atom is -0.354 e. The Hall–Kier alpha value is -3.36. The van der Waals surface area contributed by atoms with Crippen LogP contribution in [0.4, 0.5) is 5.69 Å². The molecule has 3 aromatic rings. The standard InChI is InChI=1S/C31H38ClN3O4S/c1-21(2)18-33-31(37)25(6)34(19-26-10-8-7-9-23(26)4)30(36)20-35(29-17-27(32)14-13-24(29)5)40(38,39)28-15-11-22(3)12-16-28/h7-17,21,25H,18-20H2,1-6H3,(H,33,37)/t25-/m0/s1. The van der Waals surface area contributed by atoms with Gasteiger partial charge in [0.1, 0.15) is 12.6 Å². The number of hydrogen-bond acceptors (Lipinski definition) is 4. The van der Waals surface area contributed by atoms with Crippen molar-refractivity contribution in [2.45, 2.75) is 59.0 Å². The summed E-state index contributed by atoms with van der Waals surface area (Å²) in [7, 11) is -4.16. The second kappa shape index (κ2) is 13.3. The molecule has 214 valence electrons. The molecule has 0 unspecified atom stereocenters. The van der Waals surface area contributed by atoms with Gasteiger partial charge in [0.25, 0.3) is 10.0 Å². The van der Waals surface area contributed by atoms with Crippen LogP contribution < -0.4 is 9.62 Å². The Morgan fingerprint density at radius 1 is 0.900 bits per heavy atom. The predicted molar refractivity (Wildman–Crippen MR) is 161 cm³/mol. The van der Waals surface area contributed by atoms with Crippen molar-refractivity contribution in [1.82, 2.24) is 10.2 Å². The van der Waals surface area contributed by atoms with Gasteiger partial charge in [0.05, 0.1) is 10.6 Å². The van der Waals surface area contributed by atoms with Gasteiger partial charge in [-0.1, -0.05) is 73.5 Å². The van der Waals surface area contributed by atoms with E-state index in [0.29, 0.717) is 22.8 Å². The third-order valence-corrected chi connectivity index (χ3v) is 8.79. The Labute approximate surface area is 243 Å². The molecule has 0 saturated heterocycles. The van der Waals surface area contributed by atoms with Crippen LogP contribution in [0, 0.1) is 26.7 Å². The van der Waals surface area contributed by atoms with Crippen LogP contribution in [0.15, 0.2) is 71.6 Å². The number of sulfonamides is 1. The fourth-order valence-corrected chi connectivity index (χ4v) is 5.84. The van der Waals surface area contributed by atoms with E-state index in [9.17, 15) is 18.0 Å². The van der Waals surface area contributed by atoms with Crippen LogP contribution in [0.2, 0.25) is 5.02 Å². The van der Waals surface area contributed by atoms with Crippen LogP contribution in [-0.2, 0) is 26.2 Å². The largest absolute Gasteiger partial charge is 0.354 e. The summed E-state index contributed by atoms with van der Waals surface area (Å²) in [5, 5.41) is 3.24. The highest BCUT2D eigenvalue weighted by atomic mass is 35.5. The van der Waals surface area contributed by atoms with Crippen molar-refractivity contribution in [3.05, 3.63) is 94.0 Å². The van der Waals surface area contributed by atoms with Crippen molar-refractivity contribution in [2.75, 3.05) is 17.4 Å². The summed E-state index contributed by atoms with van der Waals surface area (Å²) in [5.74, 6) is -0.578. The van der Waals surface area contributed by atoms with Gasteiger partial charge in [0.2, 0.25) is 11.8 Å². The highest BCUT2D eigenvalue weighted by Crippen LogP contribution is 2.30. The fraction of sp³-hybridized carbons (Fsp3) is 0.355. The molecule has 40 heavy (non-hydrogen) atoms. The number of aryl methyl sites for hydroxylation is 3. The summed E-state index contributed by atoms with van der Waals surface area (Å²) in [6.07, 6.45) is 0. The van der Waals surface area contributed by atoms with E-state index in [2.05, 4.69) is 5.32 Å². The lowest BCUT2D eigenvalue weighted by Gasteiger charge is -2.33. The predicted octanol–water partition coefficient (Wildman–Crippen LogP) is 5.65. The number of anilines is 1. The van der Waals surface area contributed by atoms with Gasteiger partial charge in [-0.05, 0) is 74.6 Å². The highest BCUT2D eigenvalue weighted by Gasteiger charge is 2.33. The number of halogens is 1. The molecule has 0 aliphatic carbocycles. The molecule has 3 rings (SSSR count). The molecular formula is C31H38ClN3O4S. The zero-order chi connectivity index (χ0) is 29.6. The van der Waals surface area contributed by atoms with Crippen LogP contribution >= 0.6 is 11.6 Å². The molecule has 1 N–H and O–H groups in total. The van der Waals surface area contributed by atoms with Gasteiger partial charge < -0.3 is 10.2 Å². The van der Waals surface area contributed by atoms with Gasteiger partial charge in [0.15, 0.2) is 0 Å². The fourth-order valence-electron chi connectivity index (χ4n) is 4.21. The first-order valence-corrected chi connectivity index (χ1v) is 15.1. The summed E-state index contributed by atoms with van der Waals surface area (Å²) in [4.78, 5) is 28.7. The molecule has 0 spiro atoms. The average molecular weight is 584 g/mol. The zero-order valence-electron chi connectivity index (χ0n) is 23.9. The molecule has 0 heterocycles. The van der Waals surface area contributed by atoms with Gasteiger partial charge in [-0.2, -0.15) is 0 Å². The van der Waals surface area contributed by atoms with Gasteiger partial charge in [-0.15, -0.1) is 0 Å². The maximum absolute atomic E-state index is 14.1. The zero-order valence-corrected chi connectivity index (χ0v) is 25.5. The van der Waals surface area contributed by atoms with Crippen molar-refractivity contribution < 1.29 is 18.0 Å². The van der Waals surface area contributed by atoms with E-state index in [0.717, 1.165) is 21.0 Å². The molecule has 1 atom stereocenters.